The highest BCUT2D eigenvalue weighted by Gasteiger charge is 2.21. The normalized spacial score (nSPS) is 16.9. The van der Waals surface area contributed by atoms with Crippen LogP contribution in [0, 0.1) is 5.92 Å². The van der Waals surface area contributed by atoms with E-state index in [1.54, 1.807) is 7.05 Å². The minimum atomic E-state index is 0. The van der Waals surface area contributed by atoms with Crippen LogP contribution in [0.2, 0.25) is 0 Å². The van der Waals surface area contributed by atoms with Gasteiger partial charge in [0.05, 0.1) is 6.61 Å². The van der Waals surface area contributed by atoms with Crippen molar-refractivity contribution in [2.45, 2.75) is 38.6 Å². The van der Waals surface area contributed by atoms with Crippen molar-refractivity contribution in [3.05, 3.63) is 35.4 Å². The summed E-state index contributed by atoms with van der Waals surface area (Å²) in [7, 11) is 3.82. The smallest absolute Gasteiger partial charge is 0.253 e. The number of ether oxygens (including phenoxy) is 1. The standard InChI is InChI=1S/C22H34N4O2.HI/c1-23-22(25(2)14-15-28-17-19-6-7-19)24-16-18-8-10-20(11-9-18)21(27)26-12-4-3-5-13-26;/h8-11,19H,3-7,12-17H2,1-2H3,(H,23,24);1H. The van der Waals surface area contributed by atoms with Crippen LogP contribution in [0.4, 0.5) is 0 Å². The second-order valence-electron chi connectivity index (χ2n) is 7.89. The monoisotopic (exact) mass is 514 g/mol. The van der Waals surface area contributed by atoms with Gasteiger partial charge in [-0.3, -0.25) is 9.79 Å². The molecule has 1 aliphatic carbocycles. The number of halogens is 1. The summed E-state index contributed by atoms with van der Waals surface area (Å²) < 4.78 is 5.71. The summed E-state index contributed by atoms with van der Waals surface area (Å²) >= 11 is 0. The topological polar surface area (TPSA) is 57.2 Å². The number of carbonyl (C=O) groups excluding carboxylic acids is 1. The third-order valence-corrected chi connectivity index (χ3v) is 5.49. The van der Waals surface area contributed by atoms with E-state index >= 15 is 0 Å². The molecule has 2 aliphatic rings. The van der Waals surface area contributed by atoms with E-state index in [-0.39, 0.29) is 29.9 Å². The number of nitrogens with one attached hydrogen (secondary N) is 1. The molecule has 1 N–H and O–H groups in total. The number of carbonyl (C=O) groups is 1. The van der Waals surface area contributed by atoms with Gasteiger partial charge in [-0.05, 0) is 55.7 Å². The van der Waals surface area contributed by atoms with Crippen molar-refractivity contribution >= 4 is 35.8 Å². The van der Waals surface area contributed by atoms with Gasteiger partial charge in [0, 0.05) is 52.4 Å². The first-order valence-electron chi connectivity index (χ1n) is 10.5. The fourth-order valence-corrected chi connectivity index (χ4v) is 3.45. The molecule has 0 unspecified atom stereocenters. The molecule has 1 saturated carbocycles. The van der Waals surface area contributed by atoms with Crippen molar-refractivity contribution in [2.24, 2.45) is 10.9 Å². The molecular formula is C22H35IN4O2. The molecule has 0 aromatic heterocycles. The number of likely N-dealkylation sites (tertiary alicyclic amines) is 1. The van der Waals surface area contributed by atoms with Gasteiger partial charge in [0.15, 0.2) is 5.96 Å². The van der Waals surface area contributed by atoms with Gasteiger partial charge in [0.25, 0.3) is 5.91 Å². The highest BCUT2D eigenvalue weighted by molar-refractivity contribution is 14.0. The van der Waals surface area contributed by atoms with Crippen molar-refractivity contribution in [3.63, 3.8) is 0 Å². The van der Waals surface area contributed by atoms with Gasteiger partial charge < -0.3 is 19.9 Å². The number of benzene rings is 1. The van der Waals surface area contributed by atoms with Gasteiger partial charge in [-0.15, -0.1) is 24.0 Å². The molecule has 7 heteroatoms. The maximum absolute atomic E-state index is 12.6. The second kappa shape index (κ2) is 12.4. The lowest BCUT2D eigenvalue weighted by molar-refractivity contribution is 0.0724. The number of hydrogen-bond donors (Lipinski definition) is 1. The molecular weight excluding hydrogens is 479 g/mol. The van der Waals surface area contributed by atoms with E-state index in [9.17, 15) is 4.79 Å². The van der Waals surface area contributed by atoms with Crippen LogP contribution in [-0.4, -0.2) is 68.6 Å². The lowest BCUT2D eigenvalue weighted by atomic mass is 10.1. The Balaban J connectivity index is 0.00000300. The fourth-order valence-electron chi connectivity index (χ4n) is 3.45. The van der Waals surface area contributed by atoms with Crippen LogP contribution < -0.4 is 5.32 Å². The molecule has 1 aliphatic heterocycles. The quantitative estimate of drug-likeness (QED) is 0.250. The second-order valence-corrected chi connectivity index (χ2v) is 7.89. The lowest BCUT2D eigenvalue weighted by Gasteiger charge is -2.26. The average molecular weight is 514 g/mol. The molecule has 0 spiro atoms. The summed E-state index contributed by atoms with van der Waals surface area (Å²) in [6, 6.07) is 7.92. The first-order valence-corrected chi connectivity index (χ1v) is 10.5. The number of aliphatic imine (C=N–C) groups is 1. The summed E-state index contributed by atoms with van der Waals surface area (Å²) in [6.07, 6.45) is 6.11. The summed E-state index contributed by atoms with van der Waals surface area (Å²) in [6.45, 7) is 4.88. The summed E-state index contributed by atoms with van der Waals surface area (Å²) in [4.78, 5) is 21.0. The Morgan fingerprint density at radius 2 is 1.90 bits per heavy atom. The number of rotatable bonds is 8. The Morgan fingerprint density at radius 1 is 1.21 bits per heavy atom. The van der Waals surface area contributed by atoms with Crippen LogP contribution in [0.1, 0.15) is 48.0 Å². The largest absolute Gasteiger partial charge is 0.379 e. The van der Waals surface area contributed by atoms with Crippen LogP contribution >= 0.6 is 24.0 Å². The number of piperidine rings is 1. The molecule has 0 radical (unpaired) electrons. The van der Waals surface area contributed by atoms with Crippen molar-refractivity contribution in [1.82, 2.24) is 15.1 Å². The molecule has 1 aromatic rings. The Morgan fingerprint density at radius 3 is 2.52 bits per heavy atom. The van der Waals surface area contributed by atoms with Crippen LogP contribution in [0.25, 0.3) is 0 Å². The minimum Gasteiger partial charge on any atom is -0.379 e. The third kappa shape index (κ3) is 7.77. The van der Waals surface area contributed by atoms with Gasteiger partial charge in [-0.25, -0.2) is 0 Å². The predicted octanol–water partition coefficient (Wildman–Crippen LogP) is 3.36. The van der Waals surface area contributed by atoms with Crippen molar-refractivity contribution in [2.75, 3.05) is 46.9 Å². The van der Waals surface area contributed by atoms with Gasteiger partial charge in [-0.2, -0.15) is 0 Å². The van der Waals surface area contributed by atoms with E-state index < -0.39 is 0 Å². The molecule has 1 heterocycles. The highest BCUT2D eigenvalue weighted by atomic mass is 127. The van der Waals surface area contributed by atoms with Crippen molar-refractivity contribution in [1.29, 1.82) is 0 Å². The zero-order valence-electron chi connectivity index (χ0n) is 17.7. The van der Waals surface area contributed by atoms with Crippen LogP contribution in [0.15, 0.2) is 29.3 Å². The molecule has 162 valence electrons. The van der Waals surface area contributed by atoms with Gasteiger partial charge in [0.1, 0.15) is 0 Å². The summed E-state index contributed by atoms with van der Waals surface area (Å²) in [5, 5.41) is 3.38. The van der Waals surface area contributed by atoms with Gasteiger partial charge in [0.2, 0.25) is 0 Å². The Labute approximate surface area is 192 Å². The zero-order valence-corrected chi connectivity index (χ0v) is 20.1. The van der Waals surface area contributed by atoms with E-state index in [0.29, 0.717) is 6.54 Å². The van der Waals surface area contributed by atoms with Crippen molar-refractivity contribution < 1.29 is 9.53 Å². The molecule has 1 saturated heterocycles. The average Bonchev–Trinajstić information content (AvgIpc) is 3.57. The molecule has 2 fully saturated rings. The Kier molecular flexibility index (Phi) is 10.2. The number of likely N-dealkylation sites (N-methyl/N-ethyl adjacent to an activating group) is 1. The number of nitrogens with zero attached hydrogens (tertiary/aromatic N) is 3. The first kappa shape index (κ1) is 23.9. The SMILES string of the molecule is CN=C(NCc1ccc(C(=O)N2CCCCC2)cc1)N(C)CCOCC1CC1.I. The van der Waals surface area contributed by atoms with E-state index in [0.717, 1.165) is 68.7 Å². The predicted molar refractivity (Wildman–Crippen MR) is 128 cm³/mol. The van der Waals surface area contributed by atoms with E-state index in [1.807, 2.05) is 36.2 Å². The van der Waals surface area contributed by atoms with Gasteiger partial charge >= 0.3 is 0 Å². The molecule has 0 atom stereocenters. The number of hydrogen-bond acceptors (Lipinski definition) is 3. The maximum atomic E-state index is 12.6. The van der Waals surface area contributed by atoms with Crippen LogP contribution in [0.5, 0.6) is 0 Å². The molecule has 29 heavy (non-hydrogen) atoms. The molecule has 3 rings (SSSR count). The first-order chi connectivity index (χ1) is 13.7. The van der Waals surface area contributed by atoms with Crippen molar-refractivity contribution in [3.8, 4) is 0 Å². The number of guanidine groups is 1. The molecule has 6 nitrogen and oxygen atoms in total. The zero-order chi connectivity index (χ0) is 19.8. The lowest BCUT2D eigenvalue weighted by Crippen LogP contribution is -2.40. The molecule has 1 amide bonds. The van der Waals surface area contributed by atoms with E-state index in [2.05, 4.69) is 15.2 Å². The van der Waals surface area contributed by atoms with E-state index in [4.69, 9.17) is 4.74 Å². The third-order valence-electron chi connectivity index (χ3n) is 5.49. The summed E-state index contributed by atoms with van der Waals surface area (Å²) in [5.41, 5.74) is 1.91. The van der Waals surface area contributed by atoms with Crippen LogP contribution in [-0.2, 0) is 11.3 Å². The van der Waals surface area contributed by atoms with Gasteiger partial charge in [-0.1, -0.05) is 12.1 Å². The Hall–Kier alpha value is -1.35. The minimum absolute atomic E-state index is 0. The number of amides is 1. The Bertz CT molecular complexity index is 655. The van der Waals surface area contributed by atoms with Crippen LogP contribution in [0.3, 0.4) is 0 Å². The maximum Gasteiger partial charge on any atom is 0.253 e. The molecule has 1 aromatic carbocycles. The highest BCUT2D eigenvalue weighted by Crippen LogP contribution is 2.28. The molecule has 0 bridgehead atoms. The fraction of sp³-hybridized carbons (Fsp3) is 0.636. The summed E-state index contributed by atoms with van der Waals surface area (Å²) in [5.74, 6) is 1.80. The van der Waals surface area contributed by atoms with E-state index in [1.165, 1.54) is 19.3 Å².